The summed E-state index contributed by atoms with van der Waals surface area (Å²) in [6.07, 6.45) is 0. The van der Waals surface area contributed by atoms with Crippen molar-refractivity contribution in [2.24, 2.45) is 0 Å². The third-order valence-electron chi connectivity index (χ3n) is 3.28. The van der Waals surface area contributed by atoms with Crippen molar-refractivity contribution in [2.75, 3.05) is 38.6 Å². The molecule has 1 aromatic heterocycles. The van der Waals surface area contributed by atoms with Gasteiger partial charge in [0.05, 0.1) is 35.0 Å². The average Bonchev–Trinajstić information content (AvgIpc) is 2.90. The number of rotatable bonds is 4. The Morgan fingerprint density at radius 1 is 1.32 bits per heavy atom. The lowest BCUT2D eigenvalue weighted by Crippen LogP contribution is -2.38. The van der Waals surface area contributed by atoms with E-state index in [1.807, 2.05) is 24.3 Å². The molecule has 2 aromatic rings. The Kier molecular flexibility index (Phi) is 3.91. The molecule has 0 aliphatic carbocycles. The molecular formula is C13H17N3O2S. The molecule has 2 heterocycles. The molecular weight excluding hydrogens is 262 g/mol. The maximum atomic E-state index is 12.2. The maximum Gasteiger partial charge on any atom is 0.197 e. The zero-order valence-corrected chi connectivity index (χ0v) is 11.5. The van der Waals surface area contributed by atoms with Crippen LogP contribution in [0.5, 0.6) is 0 Å². The number of benzene rings is 1. The van der Waals surface area contributed by atoms with Crippen molar-refractivity contribution < 1.29 is 8.95 Å². The molecule has 1 aliphatic heterocycles. The number of nitrogens with one attached hydrogen (secondary N) is 1. The van der Waals surface area contributed by atoms with Gasteiger partial charge in [-0.1, -0.05) is 12.1 Å². The van der Waals surface area contributed by atoms with E-state index in [1.54, 1.807) is 0 Å². The summed E-state index contributed by atoms with van der Waals surface area (Å²) in [5.41, 5.74) is 1.81. The quantitative estimate of drug-likeness (QED) is 0.907. The Hall–Kier alpha value is -1.24. The summed E-state index contributed by atoms with van der Waals surface area (Å²) in [5, 5.41) is 0.578. The highest BCUT2D eigenvalue weighted by atomic mass is 32.2. The van der Waals surface area contributed by atoms with Crippen LogP contribution in [0.15, 0.2) is 29.4 Å². The van der Waals surface area contributed by atoms with Crippen molar-refractivity contribution in [1.29, 1.82) is 0 Å². The summed E-state index contributed by atoms with van der Waals surface area (Å²) >= 11 is 0. The number of hydrogen-bond donors (Lipinski definition) is 1. The summed E-state index contributed by atoms with van der Waals surface area (Å²) in [6, 6.07) is 7.75. The Morgan fingerprint density at radius 2 is 2.11 bits per heavy atom. The first-order chi connectivity index (χ1) is 9.33. The van der Waals surface area contributed by atoms with Gasteiger partial charge in [-0.15, -0.1) is 0 Å². The van der Waals surface area contributed by atoms with Gasteiger partial charge in [0.15, 0.2) is 5.16 Å². The van der Waals surface area contributed by atoms with Crippen LogP contribution in [-0.2, 0) is 15.5 Å². The SMILES string of the molecule is O=S(CCN1CCOCC1)c1nc2ccccc2[nH]1. The van der Waals surface area contributed by atoms with Gasteiger partial charge in [-0.05, 0) is 12.1 Å². The zero-order valence-electron chi connectivity index (χ0n) is 10.7. The number of ether oxygens (including phenoxy) is 1. The van der Waals surface area contributed by atoms with Crippen molar-refractivity contribution in [3.05, 3.63) is 24.3 Å². The van der Waals surface area contributed by atoms with E-state index in [4.69, 9.17) is 4.74 Å². The van der Waals surface area contributed by atoms with Gasteiger partial charge < -0.3 is 9.72 Å². The van der Waals surface area contributed by atoms with E-state index in [9.17, 15) is 4.21 Å². The second-order valence-corrected chi connectivity index (χ2v) is 6.05. The number of aromatic amines is 1. The minimum absolute atomic E-state index is 0.578. The van der Waals surface area contributed by atoms with E-state index >= 15 is 0 Å². The molecule has 0 bridgehead atoms. The summed E-state index contributed by atoms with van der Waals surface area (Å²) < 4.78 is 17.5. The van der Waals surface area contributed by atoms with Gasteiger partial charge in [0.25, 0.3) is 0 Å². The Morgan fingerprint density at radius 3 is 2.89 bits per heavy atom. The Balaban J connectivity index is 1.63. The number of imidazole rings is 1. The van der Waals surface area contributed by atoms with E-state index in [1.165, 1.54) is 0 Å². The van der Waals surface area contributed by atoms with Crippen molar-refractivity contribution in [3.63, 3.8) is 0 Å². The highest BCUT2D eigenvalue weighted by Gasteiger charge is 2.14. The number of nitrogens with zero attached hydrogens (tertiary/aromatic N) is 2. The molecule has 19 heavy (non-hydrogen) atoms. The first-order valence-electron chi connectivity index (χ1n) is 6.46. The largest absolute Gasteiger partial charge is 0.379 e. The third-order valence-corrected chi connectivity index (χ3v) is 4.46. The Bertz CT molecular complexity index is 545. The van der Waals surface area contributed by atoms with Crippen molar-refractivity contribution in [1.82, 2.24) is 14.9 Å². The van der Waals surface area contributed by atoms with Gasteiger partial charge in [0.2, 0.25) is 0 Å². The Labute approximate surface area is 114 Å². The summed E-state index contributed by atoms with van der Waals surface area (Å²) in [6.45, 7) is 4.23. The molecule has 1 aliphatic rings. The van der Waals surface area contributed by atoms with Crippen LogP contribution in [0.25, 0.3) is 11.0 Å². The molecule has 6 heteroatoms. The molecule has 0 spiro atoms. The van der Waals surface area contributed by atoms with E-state index in [0.29, 0.717) is 10.9 Å². The lowest BCUT2D eigenvalue weighted by molar-refractivity contribution is 0.0409. The van der Waals surface area contributed by atoms with Crippen LogP contribution in [0.4, 0.5) is 0 Å². The van der Waals surface area contributed by atoms with Crippen molar-refractivity contribution in [3.8, 4) is 0 Å². The van der Waals surface area contributed by atoms with Crippen molar-refractivity contribution >= 4 is 21.8 Å². The lowest BCUT2D eigenvalue weighted by Gasteiger charge is -2.25. The number of H-pyrrole nitrogens is 1. The van der Waals surface area contributed by atoms with Gasteiger partial charge >= 0.3 is 0 Å². The number of aromatic nitrogens is 2. The number of para-hydroxylation sites is 2. The van der Waals surface area contributed by atoms with Crippen LogP contribution in [0, 0.1) is 0 Å². The van der Waals surface area contributed by atoms with Crippen LogP contribution in [0.3, 0.4) is 0 Å². The van der Waals surface area contributed by atoms with Gasteiger partial charge in [0, 0.05) is 25.4 Å². The lowest BCUT2D eigenvalue weighted by atomic mass is 10.3. The molecule has 102 valence electrons. The normalized spacial score (nSPS) is 18.7. The second kappa shape index (κ2) is 5.81. The maximum absolute atomic E-state index is 12.2. The topological polar surface area (TPSA) is 58.2 Å². The second-order valence-electron chi connectivity index (χ2n) is 4.56. The van der Waals surface area contributed by atoms with E-state index in [2.05, 4.69) is 14.9 Å². The predicted molar refractivity (Wildman–Crippen MR) is 74.6 cm³/mol. The zero-order chi connectivity index (χ0) is 13.1. The molecule has 0 saturated carbocycles. The first kappa shape index (κ1) is 12.8. The highest BCUT2D eigenvalue weighted by Crippen LogP contribution is 2.13. The standard InChI is InChI=1S/C13H17N3O2S/c17-19(10-7-16-5-8-18-9-6-16)13-14-11-3-1-2-4-12(11)15-13/h1-4H,5-10H2,(H,14,15). The molecule has 1 aromatic carbocycles. The van der Waals surface area contributed by atoms with Gasteiger partial charge in [-0.3, -0.25) is 9.11 Å². The minimum atomic E-state index is -1.07. The first-order valence-corrected chi connectivity index (χ1v) is 7.78. The molecule has 1 atom stereocenters. The monoisotopic (exact) mass is 279 g/mol. The molecule has 0 amide bonds. The summed E-state index contributed by atoms with van der Waals surface area (Å²) in [4.78, 5) is 9.79. The molecule has 5 nitrogen and oxygen atoms in total. The van der Waals surface area contributed by atoms with Gasteiger partial charge in [-0.2, -0.15) is 0 Å². The molecule has 1 fully saturated rings. The van der Waals surface area contributed by atoms with E-state index < -0.39 is 10.8 Å². The van der Waals surface area contributed by atoms with Gasteiger partial charge in [-0.25, -0.2) is 4.98 Å². The average molecular weight is 279 g/mol. The van der Waals surface area contributed by atoms with E-state index in [0.717, 1.165) is 43.9 Å². The molecule has 3 rings (SSSR count). The van der Waals surface area contributed by atoms with Crippen LogP contribution >= 0.6 is 0 Å². The van der Waals surface area contributed by atoms with Gasteiger partial charge in [0.1, 0.15) is 0 Å². The summed E-state index contributed by atoms with van der Waals surface area (Å²) in [7, 11) is -1.07. The molecule has 0 radical (unpaired) electrons. The fourth-order valence-corrected chi connectivity index (χ4v) is 3.21. The number of morpholine rings is 1. The molecule has 1 N–H and O–H groups in total. The highest BCUT2D eigenvalue weighted by molar-refractivity contribution is 7.84. The van der Waals surface area contributed by atoms with Crippen molar-refractivity contribution in [2.45, 2.75) is 5.16 Å². The number of hydrogen-bond acceptors (Lipinski definition) is 4. The minimum Gasteiger partial charge on any atom is -0.379 e. The third kappa shape index (κ3) is 3.02. The predicted octanol–water partition coefficient (Wildman–Crippen LogP) is 1.00. The molecule has 1 unspecified atom stereocenters. The van der Waals surface area contributed by atoms with E-state index in [-0.39, 0.29) is 0 Å². The van der Waals surface area contributed by atoms with Crippen LogP contribution in [-0.4, -0.2) is 57.7 Å². The fraction of sp³-hybridized carbons (Fsp3) is 0.462. The number of fused-ring (bicyclic) bond motifs is 1. The van der Waals surface area contributed by atoms with Crippen LogP contribution in [0.2, 0.25) is 0 Å². The fourth-order valence-electron chi connectivity index (χ4n) is 2.17. The molecule has 1 saturated heterocycles. The van der Waals surface area contributed by atoms with Crippen LogP contribution < -0.4 is 0 Å². The smallest absolute Gasteiger partial charge is 0.197 e. The van der Waals surface area contributed by atoms with Crippen LogP contribution in [0.1, 0.15) is 0 Å². The summed E-state index contributed by atoms with van der Waals surface area (Å²) in [5.74, 6) is 0.611.